The molecule has 1 fully saturated rings. The van der Waals surface area contributed by atoms with E-state index in [9.17, 15) is 9.18 Å². The number of amides is 1. The van der Waals surface area contributed by atoms with E-state index in [1.54, 1.807) is 30.3 Å². The number of halogens is 2. The number of carbonyl (C=O) groups excluding carboxylic acids is 1. The van der Waals surface area contributed by atoms with Crippen molar-refractivity contribution in [3.05, 3.63) is 63.4 Å². The maximum Gasteiger partial charge on any atom is 0.283 e. The molecule has 0 bridgehead atoms. The van der Waals surface area contributed by atoms with Crippen molar-refractivity contribution in [2.24, 2.45) is 16.0 Å². The molecule has 36 heavy (non-hydrogen) atoms. The highest BCUT2D eigenvalue weighted by Crippen LogP contribution is 2.39. The molecule has 2 aromatic carbocycles. The van der Waals surface area contributed by atoms with Crippen molar-refractivity contribution in [3.63, 3.8) is 0 Å². The summed E-state index contributed by atoms with van der Waals surface area (Å²) >= 11 is 4.92. The lowest BCUT2D eigenvalue weighted by Gasteiger charge is -2.20. The molecule has 0 aromatic heterocycles. The van der Waals surface area contributed by atoms with E-state index in [4.69, 9.17) is 14.9 Å². The van der Waals surface area contributed by atoms with Crippen LogP contribution in [-0.2, 0) is 11.4 Å². The van der Waals surface area contributed by atoms with Gasteiger partial charge in [-0.15, -0.1) is 0 Å². The standard InChI is InChI=1S/C26H24BrFN4O3S/c1-34-21-13-16(12-20(27)22(21)35-14-15-7-9-18(28)10-8-15)11-19-23(29)32-26(30-24(19)33)36-25(31-32)17-5-3-2-4-6-17/h7-13,17,29H,2-6,14H2,1H3/b19-11-,29-23?. The van der Waals surface area contributed by atoms with Gasteiger partial charge in [0.15, 0.2) is 17.3 Å². The van der Waals surface area contributed by atoms with Crippen molar-refractivity contribution in [1.82, 2.24) is 5.01 Å². The second-order valence-corrected chi connectivity index (χ2v) is 10.6. The molecule has 5 rings (SSSR count). The number of methoxy groups -OCH3 is 1. The molecule has 2 heterocycles. The molecule has 7 nitrogen and oxygen atoms in total. The molecular formula is C26H24BrFN4O3S. The maximum atomic E-state index is 13.2. The highest BCUT2D eigenvalue weighted by molar-refractivity contribution is 9.10. The van der Waals surface area contributed by atoms with Crippen LogP contribution >= 0.6 is 27.7 Å². The molecule has 1 N–H and O–H groups in total. The van der Waals surface area contributed by atoms with Crippen LogP contribution in [0.4, 0.5) is 4.39 Å². The first-order valence-corrected chi connectivity index (χ1v) is 13.3. The molecule has 0 radical (unpaired) electrons. The van der Waals surface area contributed by atoms with Crippen LogP contribution in [0.5, 0.6) is 11.5 Å². The topological polar surface area (TPSA) is 87.3 Å². The zero-order valence-electron chi connectivity index (χ0n) is 19.6. The predicted molar refractivity (Wildman–Crippen MR) is 143 cm³/mol. The lowest BCUT2D eigenvalue weighted by atomic mass is 9.90. The van der Waals surface area contributed by atoms with Gasteiger partial charge in [-0.1, -0.05) is 31.4 Å². The van der Waals surface area contributed by atoms with Crippen LogP contribution < -0.4 is 9.47 Å². The number of fused-ring (bicyclic) bond motifs is 1. The summed E-state index contributed by atoms with van der Waals surface area (Å²) in [7, 11) is 1.52. The lowest BCUT2D eigenvalue weighted by Crippen LogP contribution is -2.35. The molecule has 1 saturated carbocycles. The Bertz CT molecular complexity index is 1300. The van der Waals surface area contributed by atoms with E-state index in [0.29, 0.717) is 32.6 Å². The number of aliphatic imine (C=N–C) groups is 1. The highest BCUT2D eigenvalue weighted by Gasteiger charge is 2.38. The van der Waals surface area contributed by atoms with E-state index in [1.807, 2.05) is 0 Å². The first-order valence-electron chi connectivity index (χ1n) is 11.7. The molecule has 10 heteroatoms. The molecular weight excluding hydrogens is 547 g/mol. The fourth-order valence-corrected chi connectivity index (χ4v) is 6.02. The fourth-order valence-electron chi connectivity index (χ4n) is 4.39. The fraction of sp³-hybridized carbons (Fsp3) is 0.308. The smallest absolute Gasteiger partial charge is 0.283 e. The number of rotatable bonds is 6. The van der Waals surface area contributed by atoms with Crippen molar-refractivity contribution in [3.8, 4) is 11.5 Å². The Kier molecular flexibility index (Phi) is 7.25. The van der Waals surface area contributed by atoms with Gasteiger partial charge < -0.3 is 9.47 Å². The van der Waals surface area contributed by atoms with Gasteiger partial charge in [0.2, 0.25) is 5.17 Å². The number of nitrogens with zero attached hydrogens (tertiary/aromatic N) is 3. The first kappa shape index (κ1) is 24.7. The SMILES string of the molecule is COc1cc(/C=C2/C(=N)N3N=C(C4CCCCC4)SC3=NC2=O)cc(Br)c1OCc1ccc(F)cc1. The summed E-state index contributed by atoms with van der Waals surface area (Å²) in [6.07, 6.45) is 7.38. The van der Waals surface area contributed by atoms with Crippen LogP contribution in [0.15, 0.2) is 56.5 Å². The molecule has 0 unspecified atom stereocenters. The van der Waals surface area contributed by atoms with Crippen LogP contribution in [0.25, 0.3) is 6.08 Å². The summed E-state index contributed by atoms with van der Waals surface area (Å²) in [5.41, 5.74) is 1.60. The number of thioether (sulfide) groups is 1. The van der Waals surface area contributed by atoms with Crippen LogP contribution in [0.3, 0.4) is 0 Å². The Balaban J connectivity index is 1.38. The molecule has 2 aliphatic heterocycles. The normalized spacial score (nSPS) is 19.3. The largest absolute Gasteiger partial charge is 0.493 e. The summed E-state index contributed by atoms with van der Waals surface area (Å²) in [6, 6.07) is 9.58. The number of amidine groups is 2. The van der Waals surface area contributed by atoms with Gasteiger partial charge >= 0.3 is 0 Å². The second kappa shape index (κ2) is 10.6. The summed E-state index contributed by atoms with van der Waals surface area (Å²) in [5.74, 6) is 0.534. The Hall–Kier alpha value is -2.98. The average Bonchev–Trinajstić information content (AvgIpc) is 3.31. The van der Waals surface area contributed by atoms with Gasteiger partial charge in [0.05, 0.1) is 17.2 Å². The minimum Gasteiger partial charge on any atom is -0.493 e. The molecule has 1 amide bonds. The maximum absolute atomic E-state index is 13.2. The number of hydrogen-bond donors (Lipinski definition) is 1. The minimum absolute atomic E-state index is 0.00929. The Morgan fingerprint density at radius 3 is 2.69 bits per heavy atom. The van der Waals surface area contributed by atoms with E-state index in [2.05, 4.69) is 26.0 Å². The average molecular weight is 571 g/mol. The number of nitrogens with one attached hydrogen (secondary N) is 1. The third-order valence-corrected chi connectivity index (χ3v) is 7.94. The van der Waals surface area contributed by atoms with Crippen molar-refractivity contribution in [2.45, 2.75) is 38.7 Å². The van der Waals surface area contributed by atoms with Gasteiger partial charge in [0.1, 0.15) is 17.5 Å². The molecule has 0 spiro atoms. The molecule has 1 aliphatic carbocycles. The van der Waals surface area contributed by atoms with Crippen LogP contribution in [0, 0.1) is 17.1 Å². The number of carbonyl (C=O) groups is 1. The summed E-state index contributed by atoms with van der Waals surface area (Å²) in [4.78, 5) is 17.1. The first-order chi connectivity index (χ1) is 17.4. The van der Waals surface area contributed by atoms with E-state index >= 15 is 0 Å². The lowest BCUT2D eigenvalue weighted by molar-refractivity contribution is -0.114. The minimum atomic E-state index is -0.467. The van der Waals surface area contributed by atoms with Crippen molar-refractivity contribution in [2.75, 3.05) is 7.11 Å². The Morgan fingerprint density at radius 1 is 1.22 bits per heavy atom. The van der Waals surface area contributed by atoms with Gasteiger partial charge in [0, 0.05) is 5.92 Å². The van der Waals surface area contributed by atoms with E-state index in [0.717, 1.165) is 23.4 Å². The highest BCUT2D eigenvalue weighted by atomic mass is 79.9. The zero-order valence-corrected chi connectivity index (χ0v) is 22.0. The van der Waals surface area contributed by atoms with Crippen molar-refractivity contribution < 1.29 is 18.7 Å². The van der Waals surface area contributed by atoms with Crippen LogP contribution in [0.2, 0.25) is 0 Å². The molecule has 2 aromatic rings. The van der Waals surface area contributed by atoms with Gasteiger partial charge in [0.25, 0.3) is 5.91 Å². The van der Waals surface area contributed by atoms with Gasteiger partial charge in [-0.3, -0.25) is 10.2 Å². The second-order valence-electron chi connectivity index (χ2n) is 8.74. The Morgan fingerprint density at radius 2 is 1.97 bits per heavy atom. The summed E-state index contributed by atoms with van der Waals surface area (Å²) in [5, 5.41) is 16.2. The summed E-state index contributed by atoms with van der Waals surface area (Å²) < 4.78 is 25.2. The van der Waals surface area contributed by atoms with Crippen LogP contribution in [0.1, 0.15) is 43.2 Å². The number of hydrazone groups is 1. The van der Waals surface area contributed by atoms with E-state index in [-0.39, 0.29) is 23.8 Å². The molecule has 0 saturated heterocycles. The van der Waals surface area contributed by atoms with Gasteiger partial charge in [-0.25, -0.2) is 4.39 Å². The third-order valence-electron chi connectivity index (χ3n) is 6.28. The van der Waals surface area contributed by atoms with E-state index < -0.39 is 5.91 Å². The predicted octanol–water partition coefficient (Wildman–Crippen LogP) is 6.38. The number of benzene rings is 2. The van der Waals surface area contributed by atoms with Gasteiger partial charge in [-0.05, 0) is 82.0 Å². The van der Waals surface area contributed by atoms with E-state index in [1.165, 1.54) is 55.3 Å². The third kappa shape index (κ3) is 5.10. The molecule has 186 valence electrons. The monoisotopic (exact) mass is 570 g/mol. The van der Waals surface area contributed by atoms with Crippen LogP contribution in [-0.4, -0.2) is 34.1 Å². The number of hydrogen-bond acceptors (Lipinski definition) is 6. The molecule has 0 atom stereocenters. The van der Waals surface area contributed by atoms with Crippen molar-refractivity contribution >= 4 is 55.7 Å². The quantitative estimate of drug-likeness (QED) is 0.407. The van der Waals surface area contributed by atoms with Gasteiger partial charge in [-0.2, -0.15) is 15.1 Å². The number of ether oxygens (including phenoxy) is 2. The molecule has 3 aliphatic rings. The summed E-state index contributed by atoms with van der Waals surface area (Å²) in [6.45, 7) is 0.226. The van der Waals surface area contributed by atoms with Crippen molar-refractivity contribution in [1.29, 1.82) is 5.41 Å². The zero-order chi connectivity index (χ0) is 25.2. The Labute approximate surface area is 221 Å².